The molecule has 1 aliphatic heterocycles. The number of aromatic nitrogens is 2. The van der Waals surface area contributed by atoms with Gasteiger partial charge < -0.3 is 14.6 Å². The van der Waals surface area contributed by atoms with Gasteiger partial charge in [0.25, 0.3) is 5.91 Å². The standard InChI is InChI=1S/C18H16N4O3/c1-11-4-6-14-13(20-11)9-15(25-14)18(24)21-16-7-5-12(10-19-16)22-8-2-3-17(22)23/h4-7,9-10H,2-3,8H2,1H3,(H,19,21,24). The Kier molecular flexibility index (Phi) is 3.68. The first-order valence-corrected chi connectivity index (χ1v) is 8.05. The number of hydrogen-bond acceptors (Lipinski definition) is 5. The molecule has 1 aliphatic rings. The molecule has 0 bridgehead atoms. The van der Waals surface area contributed by atoms with Gasteiger partial charge in [0.1, 0.15) is 11.3 Å². The summed E-state index contributed by atoms with van der Waals surface area (Å²) in [5.74, 6) is 0.274. The highest BCUT2D eigenvalue weighted by atomic mass is 16.3. The van der Waals surface area contributed by atoms with E-state index in [1.165, 1.54) is 0 Å². The van der Waals surface area contributed by atoms with Crippen LogP contribution in [-0.4, -0.2) is 28.3 Å². The number of fused-ring (bicyclic) bond motifs is 1. The Morgan fingerprint density at radius 1 is 1.28 bits per heavy atom. The molecule has 7 nitrogen and oxygen atoms in total. The van der Waals surface area contributed by atoms with E-state index in [0.29, 0.717) is 29.9 Å². The minimum absolute atomic E-state index is 0.101. The Morgan fingerprint density at radius 2 is 2.16 bits per heavy atom. The maximum Gasteiger partial charge on any atom is 0.292 e. The highest BCUT2D eigenvalue weighted by Crippen LogP contribution is 2.22. The zero-order valence-electron chi connectivity index (χ0n) is 13.7. The van der Waals surface area contributed by atoms with Crippen LogP contribution in [0.4, 0.5) is 11.5 Å². The van der Waals surface area contributed by atoms with Crippen LogP contribution >= 0.6 is 0 Å². The van der Waals surface area contributed by atoms with E-state index in [2.05, 4.69) is 15.3 Å². The molecular weight excluding hydrogens is 320 g/mol. The lowest BCUT2D eigenvalue weighted by atomic mass is 10.3. The van der Waals surface area contributed by atoms with Gasteiger partial charge in [0.15, 0.2) is 11.3 Å². The van der Waals surface area contributed by atoms with E-state index in [1.807, 2.05) is 13.0 Å². The summed E-state index contributed by atoms with van der Waals surface area (Å²) < 4.78 is 5.52. The molecule has 0 aromatic carbocycles. The number of nitrogens with one attached hydrogen (secondary N) is 1. The molecule has 2 amide bonds. The van der Waals surface area contributed by atoms with Crippen molar-refractivity contribution >= 4 is 34.4 Å². The van der Waals surface area contributed by atoms with E-state index >= 15 is 0 Å². The van der Waals surface area contributed by atoms with Crippen molar-refractivity contribution in [3.05, 3.63) is 48.0 Å². The zero-order chi connectivity index (χ0) is 17.4. The molecule has 1 saturated heterocycles. The Balaban J connectivity index is 1.50. The van der Waals surface area contributed by atoms with E-state index in [-0.39, 0.29) is 11.7 Å². The highest BCUT2D eigenvalue weighted by molar-refractivity contribution is 6.04. The van der Waals surface area contributed by atoms with Gasteiger partial charge in [0, 0.05) is 24.7 Å². The van der Waals surface area contributed by atoms with Gasteiger partial charge in [-0.15, -0.1) is 0 Å². The van der Waals surface area contributed by atoms with Gasteiger partial charge in [-0.3, -0.25) is 9.59 Å². The summed E-state index contributed by atoms with van der Waals surface area (Å²) in [7, 11) is 0. The van der Waals surface area contributed by atoms with E-state index in [4.69, 9.17) is 4.42 Å². The number of furan rings is 1. The average molecular weight is 336 g/mol. The molecule has 7 heteroatoms. The van der Waals surface area contributed by atoms with Gasteiger partial charge in [-0.25, -0.2) is 9.97 Å². The third-order valence-electron chi connectivity index (χ3n) is 4.11. The molecule has 1 fully saturated rings. The molecule has 0 radical (unpaired) electrons. The summed E-state index contributed by atoms with van der Waals surface area (Å²) in [5, 5.41) is 2.69. The van der Waals surface area contributed by atoms with E-state index in [9.17, 15) is 9.59 Å². The molecule has 0 unspecified atom stereocenters. The molecule has 0 atom stereocenters. The second-order valence-corrected chi connectivity index (χ2v) is 5.95. The summed E-state index contributed by atoms with van der Waals surface area (Å²) in [6.07, 6.45) is 3.01. The van der Waals surface area contributed by atoms with Crippen LogP contribution in [0.1, 0.15) is 29.1 Å². The van der Waals surface area contributed by atoms with Gasteiger partial charge in [-0.2, -0.15) is 0 Å². The maximum atomic E-state index is 12.3. The van der Waals surface area contributed by atoms with E-state index in [1.54, 1.807) is 35.4 Å². The predicted octanol–water partition coefficient (Wildman–Crippen LogP) is 2.91. The maximum absolute atomic E-state index is 12.3. The van der Waals surface area contributed by atoms with Crippen LogP contribution in [0.3, 0.4) is 0 Å². The zero-order valence-corrected chi connectivity index (χ0v) is 13.7. The number of carbonyl (C=O) groups excluding carboxylic acids is 2. The lowest BCUT2D eigenvalue weighted by molar-refractivity contribution is -0.117. The fourth-order valence-corrected chi connectivity index (χ4v) is 2.86. The molecule has 4 rings (SSSR count). The van der Waals surface area contributed by atoms with Crippen molar-refractivity contribution in [3.63, 3.8) is 0 Å². The third kappa shape index (κ3) is 2.96. The molecule has 3 aromatic rings. The highest BCUT2D eigenvalue weighted by Gasteiger charge is 2.22. The summed E-state index contributed by atoms with van der Waals surface area (Å²) in [6.45, 7) is 2.58. The summed E-state index contributed by atoms with van der Waals surface area (Å²) >= 11 is 0. The first-order valence-electron chi connectivity index (χ1n) is 8.05. The molecule has 0 saturated carbocycles. The summed E-state index contributed by atoms with van der Waals surface area (Å²) in [6, 6.07) is 8.66. The van der Waals surface area contributed by atoms with Gasteiger partial charge >= 0.3 is 0 Å². The molecule has 0 aliphatic carbocycles. The topological polar surface area (TPSA) is 88.3 Å². The van der Waals surface area contributed by atoms with Crippen molar-refractivity contribution in [3.8, 4) is 0 Å². The van der Waals surface area contributed by atoms with Gasteiger partial charge in [0.2, 0.25) is 5.91 Å². The number of amides is 2. The number of aryl methyl sites for hydroxylation is 1. The van der Waals surface area contributed by atoms with Crippen molar-refractivity contribution in [2.45, 2.75) is 19.8 Å². The normalized spacial score (nSPS) is 14.3. The number of carbonyl (C=O) groups is 2. The molecule has 4 heterocycles. The van der Waals surface area contributed by atoms with Crippen LogP contribution in [0.2, 0.25) is 0 Å². The number of pyridine rings is 2. The Bertz CT molecular complexity index is 962. The number of rotatable bonds is 3. The van der Waals surface area contributed by atoms with E-state index in [0.717, 1.165) is 17.8 Å². The molecule has 0 spiro atoms. The number of hydrogen-bond donors (Lipinski definition) is 1. The van der Waals surface area contributed by atoms with Gasteiger partial charge in [0.05, 0.1) is 11.9 Å². The first-order chi connectivity index (χ1) is 12.1. The van der Waals surface area contributed by atoms with Crippen molar-refractivity contribution in [2.75, 3.05) is 16.8 Å². The largest absolute Gasteiger partial charge is 0.449 e. The Hall–Kier alpha value is -3.22. The lowest BCUT2D eigenvalue weighted by Gasteiger charge is -2.15. The first kappa shape index (κ1) is 15.3. The molecule has 3 aromatic heterocycles. The predicted molar refractivity (Wildman–Crippen MR) is 92.5 cm³/mol. The van der Waals surface area contributed by atoms with Crippen molar-refractivity contribution < 1.29 is 14.0 Å². The SMILES string of the molecule is Cc1ccc2oc(C(=O)Nc3ccc(N4CCCC4=O)cn3)cc2n1. The van der Waals surface area contributed by atoms with Crippen LogP contribution in [-0.2, 0) is 4.79 Å². The monoisotopic (exact) mass is 336 g/mol. The number of anilines is 2. The van der Waals surface area contributed by atoms with Gasteiger partial charge in [-0.1, -0.05) is 0 Å². The average Bonchev–Trinajstić information content (AvgIpc) is 3.21. The quantitative estimate of drug-likeness (QED) is 0.794. The number of nitrogens with zero attached hydrogens (tertiary/aromatic N) is 3. The van der Waals surface area contributed by atoms with Crippen molar-refractivity contribution in [1.82, 2.24) is 9.97 Å². The van der Waals surface area contributed by atoms with Crippen LogP contribution < -0.4 is 10.2 Å². The van der Waals surface area contributed by atoms with Crippen molar-refractivity contribution in [2.24, 2.45) is 0 Å². The fraction of sp³-hybridized carbons (Fsp3) is 0.222. The molecular formula is C18H16N4O3. The second kappa shape index (κ2) is 6.01. The minimum atomic E-state index is -0.395. The fourth-order valence-electron chi connectivity index (χ4n) is 2.86. The third-order valence-corrected chi connectivity index (χ3v) is 4.11. The molecule has 1 N–H and O–H groups in total. The van der Waals surface area contributed by atoms with Crippen LogP contribution in [0.25, 0.3) is 11.1 Å². The molecule has 126 valence electrons. The van der Waals surface area contributed by atoms with Crippen LogP contribution in [0.15, 0.2) is 40.9 Å². The minimum Gasteiger partial charge on any atom is -0.449 e. The summed E-state index contributed by atoms with van der Waals surface area (Å²) in [5.41, 5.74) is 2.80. The van der Waals surface area contributed by atoms with Crippen LogP contribution in [0.5, 0.6) is 0 Å². The Labute approximate surface area is 143 Å². The Morgan fingerprint density at radius 3 is 2.88 bits per heavy atom. The van der Waals surface area contributed by atoms with Crippen molar-refractivity contribution in [1.29, 1.82) is 0 Å². The van der Waals surface area contributed by atoms with Crippen LogP contribution in [0, 0.1) is 6.92 Å². The van der Waals surface area contributed by atoms with Gasteiger partial charge in [-0.05, 0) is 37.6 Å². The summed E-state index contributed by atoms with van der Waals surface area (Å²) in [4.78, 5) is 34.3. The lowest BCUT2D eigenvalue weighted by Crippen LogP contribution is -2.23. The second-order valence-electron chi connectivity index (χ2n) is 5.95. The van der Waals surface area contributed by atoms with E-state index < -0.39 is 5.91 Å². The molecule has 25 heavy (non-hydrogen) atoms. The smallest absolute Gasteiger partial charge is 0.292 e.